The van der Waals surface area contributed by atoms with Crippen LogP contribution in [0, 0.1) is 5.41 Å². The number of aromatic nitrogens is 1. The zero-order chi connectivity index (χ0) is 17.2. The minimum Gasteiger partial charge on any atom is -0.396 e. The van der Waals surface area contributed by atoms with E-state index in [1.165, 1.54) is 0 Å². The zero-order valence-corrected chi connectivity index (χ0v) is 14.0. The standard InChI is InChI=1S/C20H22N2O2/c1-20(2,9-11-23)13-22-19(24)17-12-14-6-3-4-7-15(14)16-8-5-10-21-18(16)17/h3-8,10,12,23H,9,11,13H2,1-2H3,(H,22,24). The molecule has 0 aliphatic carbocycles. The Morgan fingerprint density at radius 2 is 1.92 bits per heavy atom. The molecule has 0 fully saturated rings. The van der Waals surface area contributed by atoms with Gasteiger partial charge in [0.1, 0.15) is 0 Å². The second kappa shape index (κ2) is 6.57. The van der Waals surface area contributed by atoms with Crippen LogP contribution in [-0.4, -0.2) is 29.1 Å². The number of rotatable bonds is 5. The number of carbonyl (C=O) groups excluding carboxylic acids is 1. The topological polar surface area (TPSA) is 62.2 Å². The number of nitrogens with zero attached hydrogens (tertiary/aromatic N) is 1. The van der Waals surface area contributed by atoms with E-state index in [2.05, 4.69) is 10.3 Å². The molecule has 0 radical (unpaired) electrons. The monoisotopic (exact) mass is 322 g/mol. The summed E-state index contributed by atoms with van der Waals surface area (Å²) < 4.78 is 0. The van der Waals surface area contributed by atoms with Gasteiger partial charge in [0, 0.05) is 24.7 Å². The lowest BCUT2D eigenvalue weighted by atomic mass is 9.89. The molecule has 0 unspecified atom stereocenters. The lowest BCUT2D eigenvalue weighted by molar-refractivity contribution is 0.0930. The molecule has 24 heavy (non-hydrogen) atoms. The van der Waals surface area contributed by atoms with Gasteiger partial charge in [-0.05, 0) is 34.7 Å². The van der Waals surface area contributed by atoms with Gasteiger partial charge in [-0.25, -0.2) is 0 Å². The summed E-state index contributed by atoms with van der Waals surface area (Å²) in [4.78, 5) is 17.2. The number of benzene rings is 2. The van der Waals surface area contributed by atoms with Crippen molar-refractivity contribution >= 4 is 27.6 Å². The molecule has 0 atom stereocenters. The molecular formula is C20H22N2O2. The van der Waals surface area contributed by atoms with Gasteiger partial charge in [0.05, 0.1) is 11.1 Å². The summed E-state index contributed by atoms with van der Waals surface area (Å²) in [6, 6.07) is 13.8. The first-order valence-corrected chi connectivity index (χ1v) is 8.17. The second-order valence-corrected chi connectivity index (χ2v) is 6.87. The molecule has 0 aliphatic rings. The van der Waals surface area contributed by atoms with Gasteiger partial charge in [0.15, 0.2) is 0 Å². The average molecular weight is 322 g/mol. The van der Waals surface area contributed by atoms with Gasteiger partial charge in [-0.3, -0.25) is 9.78 Å². The van der Waals surface area contributed by atoms with Gasteiger partial charge < -0.3 is 10.4 Å². The normalized spacial score (nSPS) is 11.8. The number of fused-ring (bicyclic) bond motifs is 3. The number of hydrogen-bond donors (Lipinski definition) is 2. The third-order valence-electron chi connectivity index (χ3n) is 4.37. The Hall–Kier alpha value is -2.46. The van der Waals surface area contributed by atoms with Gasteiger partial charge >= 0.3 is 0 Å². The molecule has 1 aromatic heterocycles. The average Bonchev–Trinajstić information content (AvgIpc) is 2.59. The van der Waals surface area contributed by atoms with E-state index in [0.29, 0.717) is 24.0 Å². The summed E-state index contributed by atoms with van der Waals surface area (Å²) >= 11 is 0. The SMILES string of the molecule is CC(C)(CCO)CNC(=O)c1cc2ccccc2c2cccnc12. The Morgan fingerprint density at radius 1 is 1.17 bits per heavy atom. The molecule has 124 valence electrons. The quantitative estimate of drug-likeness (QED) is 0.706. The molecular weight excluding hydrogens is 300 g/mol. The van der Waals surface area contributed by atoms with Gasteiger partial charge in [-0.1, -0.05) is 44.2 Å². The van der Waals surface area contributed by atoms with Gasteiger partial charge in [-0.2, -0.15) is 0 Å². The van der Waals surface area contributed by atoms with Crippen molar-refractivity contribution in [1.82, 2.24) is 10.3 Å². The van der Waals surface area contributed by atoms with Crippen LogP contribution < -0.4 is 5.32 Å². The lowest BCUT2D eigenvalue weighted by Crippen LogP contribution is -2.34. The maximum Gasteiger partial charge on any atom is 0.253 e. The van der Waals surface area contributed by atoms with Gasteiger partial charge in [0.2, 0.25) is 0 Å². The first-order chi connectivity index (χ1) is 11.5. The third kappa shape index (κ3) is 3.24. The Kier molecular flexibility index (Phi) is 4.49. The number of nitrogens with one attached hydrogen (secondary N) is 1. The van der Waals surface area contributed by atoms with Crippen LogP contribution in [0.2, 0.25) is 0 Å². The molecule has 0 spiro atoms. The van der Waals surface area contributed by atoms with Crippen LogP contribution in [0.3, 0.4) is 0 Å². The predicted octanol–water partition coefficient (Wildman–Crippen LogP) is 3.53. The van der Waals surface area contributed by atoms with Crippen molar-refractivity contribution in [3.63, 3.8) is 0 Å². The number of aliphatic hydroxyl groups is 1. The summed E-state index contributed by atoms with van der Waals surface area (Å²) in [5, 5.41) is 15.2. The molecule has 0 saturated heterocycles. The molecule has 3 aromatic rings. The molecule has 3 rings (SSSR count). The zero-order valence-electron chi connectivity index (χ0n) is 14.0. The highest BCUT2D eigenvalue weighted by Crippen LogP contribution is 2.27. The van der Waals surface area contributed by atoms with E-state index in [9.17, 15) is 4.79 Å². The van der Waals surface area contributed by atoms with Crippen LogP contribution in [0.15, 0.2) is 48.7 Å². The van der Waals surface area contributed by atoms with Crippen LogP contribution in [0.4, 0.5) is 0 Å². The van der Waals surface area contributed by atoms with E-state index in [0.717, 1.165) is 16.2 Å². The Labute approximate surface area is 141 Å². The number of hydrogen-bond acceptors (Lipinski definition) is 3. The van der Waals surface area contributed by atoms with Crippen molar-refractivity contribution in [2.24, 2.45) is 5.41 Å². The minimum atomic E-state index is -0.148. The fourth-order valence-electron chi connectivity index (χ4n) is 2.91. The van der Waals surface area contributed by atoms with E-state index < -0.39 is 0 Å². The smallest absolute Gasteiger partial charge is 0.253 e. The number of carbonyl (C=O) groups is 1. The maximum absolute atomic E-state index is 12.7. The van der Waals surface area contributed by atoms with E-state index in [1.54, 1.807) is 6.20 Å². The van der Waals surface area contributed by atoms with E-state index in [1.807, 2.05) is 56.3 Å². The van der Waals surface area contributed by atoms with Crippen LogP contribution in [0.25, 0.3) is 21.7 Å². The van der Waals surface area contributed by atoms with Crippen molar-refractivity contribution in [2.45, 2.75) is 20.3 Å². The van der Waals surface area contributed by atoms with Crippen molar-refractivity contribution in [3.05, 3.63) is 54.2 Å². The van der Waals surface area contributed by atoms with Crippen molar-refractivity contribution in [2.75, 3.05) is 13.2 Å². The second-order valence-electron chi connectivity index (χ2n) is 6.87. The summed E-state index contributed by atoms with van der Waals surface area (Å²) in [5.41, 5.74) is 1.16. The highest BCUT2D eigenvalue weighted by Gasteiger charge is 2.20. The van der Waals surface area contributed by atoms with Crippen LogP contribution in [0.1, 0.15) is 30.6 Å². The van der Waals surface area contributed by atoms with E-state index in [-0.39, 0.29) is 17.9 Å². The summed E-state index contributed by atoms with van der Waals surface area (Å²) in [6.45, 7) is 4.68. The van der Waals surface area contributed by atoms with Crippen LogP contribution in [0.5, 0.6) is 0 Å². The Morgan fingerprint density at radius 3 is 2.71 bits per heavy atom. The molecule has 0 aliphatic heterocycles. The molecule has 1 amide bonds. The maximum atomic E-state index is 12.7. The summed E-state index contributed by atoms with van der Waals surface area (Å²) in [6.07, 6.45) is 2.35. The third-order valence-corrected chi connectivity index (χ3v) is 4.37. The molecule has 0 bridgehead atoms. The summed E-state index contributed by atoms with van der Waals surface area (Å²) in [5.74, 6) is -0.129. The Bertz CT molecular complexity index is 887. The van der Waals surface area contributed by atoms with E-state index in [4.69, 9.17) is 5.11 Å². The number of amides is 1. The Balaban J connectivity index is 2.00. The van der Waals surface area contributed by atoms with Crippen LogP contribution in [-0.2, 0) is 0 Å². The minimum absolute atomic E-state index is 0.114. The number of pyridine rings is 1. The molecule has 2 N–H and O–H groups in total. The summed E-state index contributed by atoms with van der Waals surface area (Å²) in [7, 11) is 0. The number of aliphatic hydroxyl groups excluding tert-OH is 1. The molecule has 4 nitrogen and oxygen atoms in total. The van der Waals surface area contributed by atoms with Crippen molar-refractivity contribution in [1.29, 1.82) is 0 Å². The fourth-order valence-corrected chi connectivity index (χ4v) is 2.91. The highest BCUT2D eigenvalue weighted by molar-refractivity contribution is 6.15. The fraction of sp³-hybridized carbons (Fsp3) is 0.300. The lowest BCUT2D eigenvalue weighted by Gasteiger charge is -2.24. The van der Waals surface area contributed by atoms with Crippen molar-refractivity contribution < 1.29 is 9.90 Å². The van der Waals surface area contributed by atoms with Crippen LogP contribution >= 0.6 is 0 Å². The molecule has 1 heterocycles. The van der Waals surface area contributed by atoms with Crippen molar-refractivity contribution in [3.8, 4) is 0 Å². The largest absolute Gasteiger partial charge is 0.396 e. The van der Waals surface area contributed by atoms with Gasteiger partial charge in [0.25, 0.3) is 5.91 Å². The first-order valence-electron chi connectivity index (χ1n) is 8.17. The van der Waals surface area contributed by atoms with Gasteiger partial charge in [-0.15, -0.1) is 0 Å². The molecule has 0 saturated carbocycles. The van der Waals surface area contributed by atoms with E-state index >= 15 is 0 Å². The highest BCUT2D eigenvalue weighted by atomic mass is 16.3. The molecule has 4 heteroatoms. The predicted molar refractivity (Wildman–Crippen MR) is 97.1 cm³/mol. The first kappa shape index (κ1) is 16.4. The molecule has 2 aromatic carbocycles.